The zero-order chi connectivity index (χ0) is 18.6. The number of nitrogens with one attached hydrogen (secondary N) is 1. The highest BCUT2D eigenvalue weighted by molar-refractivity contribution is 7.22. The average Bonchev–Trinajstić information content (AvgIpc) is 3.19. The van der Waals surface area contributed by atoms with Gasteiger partial charge in [0.15, 0.2) is 0 Å². The van der Waals surface area contributed by atoms with Gasteiger partial charge < -0.3 is 15.3 Å². The van der Waals surface area contributed by atoms with E-state index in [0.717, 1.165) is 9.88 Å². The fraction of sp³-hybridized carbons (Fsp3) is 0.375. The Bertz CT molecular complexity index is 770. The van der Waals surface area contributed by atoms with Gasteiger partial charge in [0, 0.05) is 20.0 Å². The van der Waals surface area contributed by atoms with Crippen LogP contribution in [0.3, 0.4) is 0 Å². The number of hydrogen-bond donors (Lipinski definition) is 2. The number of thiophene rings is 1. The SMILES string of the molecule is CC(=O)NCCN(C(=O)c1sc(-c2cccs2)nc1C)C(C)C(=O)O. The largest absolute Gasteiger partial charge is 0.480 e. The molecule has 0 saturated heterocycles. The van der Waals surface area contributed by atoms with Crippen molar-refractivity contribution < 1.29 is 19.5 Å². The quantitative estimate of drug-likeness (QED) is 0.766. The Hall–Kier alpha value is -2.26. The van der Waals surface area contributed by atoms with Crippen LogP contribution in [0.1, 0.15) is 29.2 Å². The van der Waals surface area contributed by atoms with Crippen LogP contribution in [0.15, 0.2) is 17.5 Å². The van der Waals surface area contributed by atoms with Crippen LogP contribution in [0.4, 0.5) is 0 Å². The normalized spacial score (nSPS) is 11.8. The number of amides is 2. The number of nitrogens with zero attached hydrogens (tertiary/aromatic N) is 2. The summed E-state index contributed by atoms with van der Waals surface area (Å²) in [5, 5.41) is 14.5. The van der Waals surface area contributed by atoms with E-state index in [2.05, 4.69) is 10.3 Å². The van der Waals surface area contributed by atoms with Crippen molar-refractivity contribution in [3.05, 3.63) is 28.1 Å². The Morgan fingerprint density at radius 3 is 2.68 bits per heavy atom. The van der Waals surface area contributed by atoms with E-state index in [4.69, 9.17) is 0 Å². The van der Waals surface area contributed by atoms with Gasteiger partial charge in [-0.2, -0.15) is 0 Å². The van der Waals surface area contributed by atoms with Crippen molar-refractivity contribution >= 4 is 40.5 Å². The summed E-state index contributed by atoms with van der Waals surface area (Å²) in [5.41, 5.74) is 0.570. The minimum atomic E-state index is -1.10. The first kappa shape index (κ1) is 19.1. The van der Waals surface area contributed by atoms with E-state index >= 15 is 0 Å². The third-order valence-corrected chi connectivity index (χ3v) is 5.72. The van der Waals surface area contributed by atoms with Crippen molar-refractivity contribution in [1.82, 2.24) is 15.2 Å². The molecule has 0 spiro atoms. The second-order valence-corrected chi connectivity index (χ2v) is 7.35. The predicted molar refractivity (Wildman–Crippen MR) is 97.0 cm³/mol. The van der Waals surface area contributed by atoms with Crippen LogP contribution < -0.4 is 5.32 Å². The lowest BCUT2D eigenvalue weighted by Crippen LogP contribution is -2.46. The zero-order valence-corrected chi connectivity index (χ0v) is 15.7. The average molecular weight is 381 g/mol. The number of carbonyl (C=O) groups is 3. The van der Waals surface area contributed by atoms with Crippen molar-refractivity contribution in [3.8, 4) is 9.88 Å². The topological polar surface area (TPSA) is 99.6 Å². The van der Waals surface area contributed by atoms with Crippen LogP contribution in [-0.2, 0) is 9.59 Å². The molecule has 0 aliphatic rings. The first-order valence-corrected chi connectivity index (χ1v) is 9.30. The maximum Gasteiger partial charge on any atom is 0.326 e. The molecule has 1 unspecified atom stereocenters. The number of carboxylic acids is 1. The van der Waals surface area contributed by atoms with Crippen LogP contribution in [-0.4, -0.2) is 51.9 Å². The number of carboxylic acid groups (broad SMARTS) is 1. The van der Waals surface area contributed by atoms with E-state index in [1.807, 2.05) is 17.5 Å². The molecule has 0 bridgehead atoms. The van der Waals surface area contributed by atoms with Gasteiger partial charge in [-0.3, -0.25) is 9.59 Å². The maximum atomic E-state index is 12.9. The number of aromatic nitrogens is 1. The van der Waals surface area contributed by atoms with E-state index < -0.39 is 17.9 Å². The molecule has 0 radical (unpaired) electrons. The predicted octanol–water partition coefficient (Wildman–Crippen LogP) is 2.23. The van der Waals surface area contributed by atoms with Crippen LogP contribution in [0.2, 0.25) is 0 Å². The second kappa shape index (κ2) is 8.21. The summed E-state index contributed by atoms with van der Waals surface area (Å²) in [5.74, 6) is -1.72. The van der Waals surface area contributed by atoms with Gasteiger partial charge >= 0.3 is 5.97 Å². The Morgan fingerprint density at radius 1 is 1.40 bits per heavy atom. The van der Waals surface area contributed by atoms with Gasteiger partial charge in [-0.25, -0.2) is 9.78 Å². The van der Waals surface area contributed by atoms with Gasteiger partial charge in [0.25, 0.3) is 5.91 Å². The molecule has 2 rings (SSSR count). The lowest BCUT2D eigenvalue weighted by molar-refractivity contribution is -0.141. The molecule has 0 aromatic carbocycles. The molecule has 0 fully saturated rings. The second-order valence-electron chi connectivity index (χ2n) is 5.41. The molecule has 2 aromatic heterocycles. The molecule has 0 aliphatic carbocycles. The summed E-state index contributed by atoms with van der Waals surface area (Å²) in [6.45, 7) is 4.85. The Labute approximate surface area is 153 Å². The van der Waals surface area contributed by atoms with E-state index in [0.29, 0.717) is 10.6 Å². The molecule has 25 heavy (non-hydrogen) atoms. The molecule has 2 amide bonds. The molecule has 2 heterocycles. The molecule has 1 atom stereocenters. The lowest BCUT2D eigenvalue weighted by atomic mass is 10.2. The maximum absolute atomic E-state index is 12.9. The molecule has 0 aliphatic heterocycles. The highest BCUT2D eigenvalue weighted by Gasteiger charge is 2.29. The standard InChI is InChI=1S/C16H19N3O4S2/c1-9-13(25-14(18-9)12-5-4-8-24-12)15(21)19(10(2)16(22)23)7-6-17-11(3)20/h4-5,8,10H,6-7H2,1-3H3,(H,17,20)(H,22,23). The number of aliphatic carboxylic acids is 1. The van der Waals surface area contributed by atoms with Gasteiger partial charge in [0.05, 0.1) is 10.6 Å². The zero-order valence-electron chi connectivity index (χ0n) is 14.1. The first-order valence-electron chi connectivity index (χ1n) is 7.60. The molecule has 0 saturated carbocycles. The molecular formula is C16H19N3O4S2. The van der Waals surface area contributed by atoms with Gasteiger partial charge in [0.2, 0.25) is 5.91 Å². The van der Waals surface area contributed by atoms with Crippen LogP contribution >= 0.6 is 22.7 Å². The summed E-state index contributed by atoms with van der Waals surface area (Å²) in [4.78, 5) is 42.3. The third-order valence-electron chi connectivity index (χ3n) is 3.54. The monoisotopic (exact) mass is 381 g/mol. The van der Waals surface area contributed by atoms with E-state index in [9.17, 15) is 19.5 Å². The minimum Gasteiger partial charge on any atom is -0.480 e. The first-order chi connectivity index (χ1) is 11.8. The number of carbonyl (C=O) groups excluding carboxylic acids is 2. The Morgan fingerprint density at radius 2 is 2.12 bits per heavy atom. The Kier molecular flexibility index (Phi) is 6.27. The Balaban J connectivity index is 2.26. The van der Waals surface area contributed by atoms with Crippen LogP contribution in [0.5, 0.6) is 0 Å². The number of aryl methyl sites for hydroxylation is 1. The van der Waals surface area contributed by atoms with Crippen molar-refractivity contribution in [2.75, 3.05) is 13.1 Å². The molecular weight excluding hydrogens is 362 g/mol. The van der Waals surface area contributed by atoms with Gasteiger partial charge in [-0.15, -0.1) is 22.7 Å². The highest BCUT2D eigenvalue weighted by Crippen LogP contribution is 2.31. The van der Waals surface area contributed by atoms with Crippen LogP contribution in [0.25, 0.3) is 9.88 Å². The highest BCUT2D eigenvalue weighted by atomic mass is 32.1. The number of thiazole rings is 1. The van der Waals surface area contributed by atoms with E-state index in [1.54, 1.807) is 6.92 Å². The van der Waals surface area contributed by atoms with Crippen LogP contribution in [0, 0.1) is 6.92 Å². The van der Waals surface area contributed by atoms with Gasteiger partial charge in [-0.05, 0) is 25.3 Å². The van der Waals surface area contributed by atoms with Crippen molar-refractivity contribution in [2.45, 2.75) is 26.8 Å². The van der Waals surface area contributed by atoms with Crippen molar-refractivity contribution in [2.24, 2.45) is 0 Å². The summed E-state index contributed by atoms with van der Waals surface area (Å²) >= 11 is 2.78. The summed E-state index contributed by atoms with van der Waals surface area (Å²) in [7, 11) is 0. The molecule has 2 aromatic rings. The summed E-state index contributed by atoms with van der Waals surface area (Å²) < 4.78 is 0. The molecule has 134 valence electrons. The number of hydrogen-bond acceptors (Lipinski definition) is 6. The molecule has 7 nitrogen and oxygen atoms in total. The smallest absolute Gasteiger partial charge is 0.326 e. The molecule has 2 N–H and O–H groups in total. The fourth-order valence-corrected chi connectivity index (χ4v) is 4.01. The fourth-order valence-electron chi connectivity index (χ4n) is 2.19. The van der Waals surface area contributed by atoms with Gasteiger partial charge in [-0.1, -0.05) is 6.07 Å². The third kappa shape index (κ3) is 4.64. The minimum absolute atomic E-state index is 0.109. The summed E-state index contributed by atoms with van der Waals surface area (Å²) in [6.07, 6.45) is 0. The molecule has 9 heteroatoms. The van der Waals surface area contributed by atoms with E-state index in [1.165, 1.54) is 41.4 Å². The number of rotatable bonds is 7. The van der Waals surface area contributed by atoms with Crippen molar-refractivity contribution in [1.29, 1.82) is 0 Å². The van der Waals surface area contributed by atoms with Gasteiger partial charge in [0.1, 0.15) is 15.9 Å². The van der Waals surface area contributed by atoms with Crippen molar-refractivity contribution in [3.63, 3.8) is 0 Å². The van der Waals surface area contributed by atoms with E-state index in [-0.39, 0.29) is 19.0 Å². The summed E-state index contributed by atoms with van der Waals surface area (Å²) in [6, 6.07) is 2.82. The lowest BCUT2D eigenvalue weighted by Gasteiger charge is -2.26.